The van der Waals surface area contributed by atoms with E-state index in [1.54, 1.807) is 0 Å². The van der Waals surface area contributed by atoms with Gasteiger partial charge in [0.25, 0.3) is 0 Å². The molecule has 0 spiro atoms. The Morgan fingerprint density at radius 3 is 1.50 bits per heavy atom. The summed E-state index contributed by atoms with van der Waals surface area (Å²) >= 11 is 0. The molecule has 0 aliphatic rings. The molecule has 10 heavy (non-hydrogen) atoms. The Hall–Kier alpha value is 2.22. The van der Waals surface area contributed by atoms with Gasteiger partial charge in [-0.2, -0.15) is 0 Å². The smallest absolute Gasteiger partial charge is 1.00 e. The van der Waals surface area contributed by atoms with Crippen molar-refractivity contribution >= 4 is 0 Å². The molecule has 0 saturated carbocycles. The quantitative estimate of drug-likeness (QED) is 0.334. The van der Waals surface area contributed by atoms with Gasteiger partial charge in [-0.05, 0) is 6.92 Å². The molecule has 0 unspecified atom stereocenters. The van der Waals surface area contributed by atoms with Gasteiger partial charge in [-0.3, -0.25) is 0 Å². The van der Waals surface area contributed by atoms with Crippen LogP contribution >= 0.6 is 0 Å². The van der Waals surface area contributed by atoms with Gasteiger partial charge >= 0.3 is 88.7 Å². The van der Waals surface area contributed by atoms with Crippen molar-refractivity contribution in [3.8, 4) is 0 Å². The Bertz CT molecular complexity index is 149. The third-order valence-electron chi connectivity index (χ3n) is 0.940. The SMILES string of the molecule is Cc1ccccc1.[H-].[H-].[H-].[Na+].[Na+].[Na+]. The summed E-state index contributed by atoms with van der Waals surface area (Å²) in [6.07, 6.45) is 0. The Morgan fingerprint density at radius 2 is 1.30 bits per heavy atom. The van der Waals surface area contributed by atoms with Crippen LogP contribution in [-0.2, 0) is 0 Å². The Morgan fingerprint density at radius 1 is 0.900 bits per heavy atom. The first-order valence-electron chi connectivity index (χ1n) is 2.41. The molecule has 1 rings (SSSR count). The maximum absolute atomic E-state index is 2.08. The van der Waals surface area contributed by atoms with Gasteiger partial charge in [0.2, 0.25) is 0 Å². The predicted octanol–water partition coefficient (Wildman–Crippen LogP) is -6.66. The second-order valence-electron chi connectivity index (χ2n) is 1.65. The molecule has 0 bridgehead atoms. The molecule has 0 fully saturated rings. The molecule has 0 aliphatic heterocycles. The van der Waals surface area contributed by atoms with Crippen molar-refractivity contribution < 1.29 is 93.0 Å². The van der Waals surface area contributed by atoms with Crippen LogP contribution in [0.3, 0.4) is 0 Å². The van der Waals surface area contributed by atoms with Crippen LogP contribution in [0.1, 0.15) is 9.84 Å². The van der Waals surface area contributed by atoms with Crippen molar-refractivity contribution in [3.63, 3.8) is 0 Å². The van der Waals surface area contributed by atoms with Crippen LogP contribution in [-0.4, -0.2) is 0 Å². The zero-order chi connectivity index (χ0) is 5.11. The van der Waals surface area contributed by atoms with Gasteiger partial charge in [0.1, 0.15) is 0 Å². The van der Waals surface area contributed by atoms with Crippen molar-refractivity contribution in [2.45, 2.75) is 6.92 Å². The van der Waals surface area contributed by atoms with E-state index in [-0.39, 0.29) is 93.0 Å². The van der Waals surface area contributed by atoms with E-state index in [0.717, 1.165) is 0 Å². The molecule has 0 nitrogen and oxygen atoms in total. The fourth-order valence-electron chi connectivity index (χ4n) is 0.534. The van der Waals surface area contributed by atoms with Crippen molar-refractivity contribution in [2.75, 3.05) is 0 Å². The van der Waals surface area contributed by atoms with Gasteiger partial charge in [-0.25, -0.2) is 0 Å². The maximum atomic E-state index is 2.08. The largest absolute Gasteiger partial charge is 1.00 e. The van der Waals surface area contributed by atoms with Crippen LogP contribution in [0, 0.1) is 6.92 Å². The predicted molar refractivity (Wildman–Crippen MR) is 34.5 cm³/mol. The molecule has 0 aromatic heterocycles. The zero-order valence-electron chi connectivity index (χ0n) is 10.4. The number of hydrogen-bond acceptors (Lipinski definition) is 0. The third-order valence-corrected chi connectivity index (χ3v) is 0.940. The zero-order valence-corrected chi connectivity index (χ0v) is 13.4. The summed E-state index contributed by atoms with van der Waals surface area (Å²) in [4.78, 5) is 0. The monoisotopic (exact) mass is 164 g/mol. The molecular formula is C7H11Na3. The van der Waals surface area contributed by atoms with E-state index in [9.17, 15) is 0 Å². The first-order chi connectivity index (χ1) is 3.39. The van der Waals surface area contributed by atoms with E-state index in [0.29, 0.717) is 0 Å². The average Bonchev–Trinajstić information content (AvgIpc) is 1.69. The van der Waals surface area contributed by atoms with Crippen molar-refractivity contribution in [2.24, 2.45) is 0 Å². The van der Waals surface area contributed by atoms with E-state index in [1.165, 1.54) is 5.56 Å². The summed E-state index contributed by atoms with van der Waals surface area (Å²) < 4.78 is 0. The standard InChI is InChI=1S/C7H8.3Na.3H/c1-7-5-3-2-4-6-7;;;;;;/h2-6H,1H3;;;;;;/q;3*+1;3*-1. The van der Waals surface area contributed by atoms with Gasteiger partial charge in [-0.15, -0.1) is 0 Å². The third kappa shape index (κ3) is 8.32. The molecule has 1 aromatic rings. The van der Waals surface area contributed by atoms with Crippen LogP contribution in [0.15, 0.2) is 30.3 Å². The minimum Gasteiger partial charge on any atom is -1.00 e. The first-order valence-corrected chi connectivity index (χ1v) is 2.41. The maximum Gasteiger partial charge on any atom is 1.00 e. The topological polar surface area (TPSA) is 0 Å². The molecule has 42 valence electrons. The van der Waals surface area contributed by atoms with Crippen LogP contribution < -0.4 is 88.7 Å². The molecule has 0 heterocycles. The summed E-state index contributed by atoms with van der Waals surface area (Å²) in [5.41, 5.74) is 1.32. The second-order valence-corrected chi connectivity index (χ2v) is 1.65. The van der Waals surface area contributed by atoms with Crippen molar-refractivity contribution in [1.29, 1.82) is 0 Å². The van der Waals surface area contributed by atoms with Crippen LogP contribution in [0.4, 0.5) is 0 Å². The normalized spacial score (nSPS) is 6.10. The van der Waals surface area contributed by atoms with Crippen molar-refractivity contribution in [3.05, 3.63) is 35.9 Å². The van der Waals surface area contributed by atoms with Gasteiger partial charge in [-0.1, -0.05) is 35.9 Å². The molecule has 0 atom stereocenters. The Balaban J connectivity index is -0.0000000204. The Kier molecular flexibility index (Phi) is 20.3. The van der Waals surface area contributed by atoms with Crippen LogP contribution in [0.25, 0.3) is 0 Å². The minimum atomic E-state index is 0. The molecular weight excluding hydrogens is 153 g/mol. The van der Waals surface area contributed by atoms with Gasteiger partial charge in [0.05, 0.1) is 0 Å². The van der Waals surface area contributed by atoms with Gasteiger partial charge in [0.15, 0.2) is 0 Å². The summed E-state index contributed by atoms with van der Waals surface area (Å²) in [6.45, 7) is 2.08. The molecule has 3 heteroatoms. The molecule has 0 aliphatic carbocycles. The fourth-order valence-corrected chi connectivity index (χ4v) is 0.534. The van der Waals surface area contributed by atoms with E-state index in [4.69, 9.17) is 0 Å². The fraction of sp³-hybridized carbons (Fsp3) is 0.143. The first kappa shape index (κ1) is 18.1. The average molecular weight is 164 g/mol. The molecule has 0 N–H and O–H groups in total. The molecule has 1 aromatic carbocycles. The molecule has 0 saturated heterocycles. The summed E-state index contributed by atoms with van der Waals surface area (Å²) in [6, 6.07) is 10.3. The molecule has 0 amide bonds. The summed E-state index contributed by atoms with van der Waals surface area (Å²) in [5.74, 6) is 0. The second kappa shape index (κ2) is 11.2. The number of benzene rings is 1. The van der Waals surface area contributed by atoms with Crippen molar-refractivity contribution in [1.82, 2.24) is 0 Å². The van der Waals surface area contributed by atoms with E-state index < -0.39 is 0 Å². The van der Waals surface area contributed by atoms with Gasteiger partial charge < -0.3 is 4.28 Å². The number of aryl methyl sites for hydroxylation is 1. The summed E-state index contributed by atoms with van der Waals surface area (Å²) in [5, 5.41) is 0. The van der Waals surface area contributed by atoms with Gasteiger partial charge in [0, 0.05) is 0 Å². The van der Waals surface area contributed by atoms with Crippen LogP contribution in [0.5, 0.6) is 0 Å². The Labute approximate surface area is 133 Å². The van der Waals surface area contributed by atoms with E-state index >= 15 is 0 Å². The number of rotatable bonds is 0. The van der Waals surface area contributed by atoms with E-state index in [2.05, 4.69) is 19.1 Å². The summed E-state index contributed by atoms with van der Waals surface area (Å²) in [7, 11) is 0. The van der Waals surface area contributed by atoms with E-state index in [1.807, 2.05) is 18.2 Å². The van der Waals surface area contributed by atoms with Crippen LogP contribution in [0.2, 0.25) is 0 Å². The minimum absolute atomic E-state index is 0. The molecule has 0 radical (unpaired) electrons. The number of hydrogen-bond donors (Lipinski definition) is 0.